The van der Waals surface area contributed by atoms with Gasteiger partial charge in [0.25, 0.3) is 0 Å². The van der Waals surface area contributed by atoms with Crippen molar-refractivity contribution in [2.24, 2.45) is 0 Å². The molecule has 2 N–H and O–H groups in total. The molecule has 0 bridgehead atoms. The summed E-state index contributed by atoms with van der Waals surface area (Å²) in [5.74, 6) is 0. The zero-order valence-corrected chi connectivity index (χ0v) is 6.53. The first-order valence-electron chi connectivity index (χ1n) is 2.06. The molecule has 1 fully saturated rings. The average Bonchev–Trinajstić information content (AvgIpc) is 1.61. The van der Waals surface area contributed by atoms with Gasteiger partial charge in [0, 0.05) is 0 Å². The molecule has 0 amide bonds. The maximum atomic E-state index is 3.73. The fraction of sp³-hybridized carbons (Fsp3) is 0.500. The van der Waals surface area contributed by atoms with E-state index in [4.69, 9.17) is 0 Å². The van der Waals surface area contributed by atoms with Gasteiger partial charge in [-0.1, -0.05) is 0 Å². The average molecular weight is 213 g/mol. The molecule has 0 aromatic heterocycles. The van der Waals surface area contributed by atoms with E-state index in [-0.39, 0.29) is 0 Å². The summed E-state index contributed by atoms with van der Waals surface area (Å²) in [4.78, 5) is 2.27. The standard InChI is InChI=1S/C4H10IN2/c1-3-5(2)4-6-7-5/h3,6-7H,1,4H2,2H3/q-1. The van der Waals surface area contributed by atoms with Crippen molar-refractivity contribution in [3.05, 3.63) is 10.7 Å². The van der Waals surface area contributed by atoms with Gasteiger partial charge in [0.1, 0.15) is 0 Å². The molecule has 1 rings (SSSR count). The first kappa shape index (κ1) is 5.53. The Morgan fingerprint density at radius 3 is 2.43 bits per heavy atom. The Hall–Kier alpha value is 0.390. The summed E-state index contributed by atoms with van der Waals surface area (Å²) in [7, 11) is 0. The summed E-state index contributed by atoms with van der Waals surface area (Å²) in [5, 5.41) is 0. The summed E-state index contributed by atoms with van der Waals surface area (Å²) in [6.45, 7) is 3.73. The van der Waals surface area contributed by atoms with E-state index in [9.17, 15) is 0 Å². The topological polar surface area (TPSA) is 24.1 Å². The van der Waals surface area contributed by atoms with Crippen molar-refractivity contribution in [3.63, 3.8) is 0 Å². The molecule has 1 atom stereocenters. The van der Waals surface area contributed by atoms with Crippen LogP contribution in [0.15, 0.2) is 10.7 Å². The molecule has 0 saturated carbocycles. The predicted molar refractivity (Wildman–Crippen MR) is 27.3 cm³/mol. The van der Waals surface area contributed by atoms with E-state index in [0.717, 1.165) is 0 Å². The van der Waals surface area contributed by atoms with Gasteiger partial charge in [-0.25, -0.2) is 0 Å². The molecule has 3 heteroatoms. The van der Waals surface area contributed by atoms with Crippen molar-refractivity contribution in [2.45, 2.75) is 0 Å². The summed E-state index contributed by atoms with van der Waals surface area (Å²) < 4.78 is 6.45. The van der Waals surface area contributed by atoms with Crippen molar-refractivity contribution in [1.29, 1.82) is 0 Å². The van der Waals surface area contributed by atoms with Crippen LogP contribution in [0.25, 0.3) is 0 Å². The van der Waals surface area contributed by atoms with Crippen LogP contribution in [0.4, 0.5) is 0 Å². The van der Waals surface area contributed by atoms with E-state index in [1.54, 1.807) is 0 Å². The molecule has 0 spiro atoms. The minimum absolute atomic E-state index is 1.18. The number of hydrogen-bond acceptors (Lipinski definition) is 2. The van der Waals surface area contributed by atoms with Crippen LogP contribution in [-0.4, -0.2) is 9.48 Å². The second kappa shape index (κ2) is 1.72. The van der Waals surface area contributed by atoms with Crippen LogP contribution in [-0.2, 0) is 0 Å². The van der Waals surface area contributed by atoms with Gasteiger partial charge >= 0.3 is 47.9 Å². The number of alkyl halides is 2. The normalized spacial score (nSPS) is 48.7. The van der Waals surface area contributed by atoms with Crippen LogP contribution in [0.5, 0.6) is 0 Å². The Labute approximate surface area is 48.2 Å². The van der Waals surface area contributed by atoms with Crippen LogP contribution >= 0.6 is 0 Å². The van der Waals surface area contributed by atoms with E-state index >= 15 is 0 Å². The monoisotopic (exact) mass is 213 g/mol. The minimum atomic E-state index is -1.43. The number of nitrogens with one attached hydrogen (secondary N) is 2. The first-order valence-corrected chi connectivity index (χ1v) is 8.07. The molecular weight excluding hydrogens is 203 g/mol. The summed E-state index contributed by atoms with van der Waals surface area (Å²) in [6.07, 6.45) is 0. The van der Waals surface area contributed by atoms with Crippen molar-refractivity contribution in [1.82, 2.24) is 9.06 Å². The second-order valence-electron chi connectivity index (χ2n) is 1.63. The van der Waals surface area contributed by atoms with E-state index in [1.165, 1.54) is 4.55 Å². The molecule has 1 aliphatic heterocycles. The van der Waals surface area contributed by atoms with Gasteiger partial charge in [-0.2, -0.15) is 0 Å². The van der Waals surface area contributed by atoms with Gasteiger partial charge in [0.15, 0.2) is 0 Å². The SMILES string of the molecule is C=C[I-]1(C)CNN1. The van der Waals surface area contributed by atoms with E-state index in [1.807, 2.05) is 0 Å². The van der Waals surface area contributed by atoms with Crippen molar-refractivity contribution < 1.29 is 18.7 Å². The third-order valence-electron chi connectivity index (χ3n) is 0.968. The molecule has 0 radical (unpaired) electrons. The Morgan fingerprint density at radius 2 is 2.43 bits per heavy atom. The Balaban J connectivity index is 2.43. The number of halogens is 1. The fourth-order valence-corrected chi connectivity index (χ4v) is 2.49. The van der Waals surface area contributed by atoms with Crippen molar-refractivity contribution in [2.75, 3.05) is 9.48 Å². The fourth-order valence-electron chi connectivity index (χ4n) is 0.371. The van der Waals surface area contributed by atoms with E-state index < -0.39 is 18.7 Å². The Morgan fingerprint density at radius 1 is 1.86 bits per heavy atom. The molecule has 0 aromatic carbocycles. The van der Waals surface area contributed by atoms with Crippen LogP contribution in [0.2, 0.25) is 0 Å². The number of rotatable bonds is 1. The maximum absolute atomic E-state index is 3.73. The van der Waals surface area contributed by atoms with Gasteiger partial charge in [-0.3, -0.25) is 0 Å². The Kier molecular flexibility index (Phi) is 1.36. The van der Waals surface area contributed by atoms with Crippen molar-refractivity contribution in [3.8, 4) is 0 Å². The van der Waals surface area contributed by atoms with Gasteiger partial charge < -0.3 is 0 Å². The molecule has 44 valence electrons. The van der Waals surface area contributed by atoms with Crippen LogP contribution in [0, 0.1) is 0 Å². The quantitative estimate of drug-likeness (QED) is 0.209. The molecule has 1 unspecified atom stereocenters. The second-order valence-corrected chi connectivity index (χ2v) is 9.93. The molecule has 0 aromatic rings. The molecule has 1 heterocycles. The van der Waals surface area contributed by atoms with Gasteiger partial charge in [-0.05, 0) is 0 Å². The van der Waals surface area contributed by atoms with E-state index in [0.29, 0.717) is 0 Å². The molecule has 0 aliphatic carbocycles. The predicted octanol–water partition coefficient (Wildman–Crippen LogP) is -3.10. The molecule has 1 aliphatic rings. The molecular formula is C4H10IN2-. The van der Waals surface area contributed by atoms with Gasteiger partial charge in [-0.15, -0.1) is 0 Å². The summed E-state index contributed by atoms with van der Waals surface area (Å²) in [6, 6.07) is 0. The van der Waals surface area contributed by atoms with E-state index in [2.05, 4.69) is 24.7 Å². The summed E-state index contributed by atoms with van der Waals surface area (Å²) >= 11 is -1.43. The zero-order valence-electron chi connectivity index (χ0n) is 4.37. The number of hydrogen-bond donors (Lipinski definition) is 2. The van der Waals surface area contributed by atoms with Gasteiger partial charge in [0.05, 0.1) is 0 Å². The van der Waals surface area contributed by atoms with Crippen LogP contribution in [0.3, 0.4) is 0 Å². The third-order valence-corrected chi connectivity index (χ3v) is 6.49. The molecule has 2 nitrogen and oxygen atoms in total. The van der Waals surface area contributed by atoms with Crippen LogP contribution in [0.1, 0.15) is 0 Å². The van der Waals surface area contributed by atoms with Crippen LogP contribution < -0.4 is 27.8 Å². The summed E-state index contributed by atoms with van der Waals surface area (Å²) in [5.41, 5.74) is 3.01. The Bertz CT molecular complexity index is 87.7. The zero-order chi connectivity index (χ0) is 5.33. The number of hydrazine groups is 1. The van der Waals surface area contributed by atoms with Crippen molar-refractivity contribution >= 4 is 0 Å². The molecule has 1 saturated heterocycles. The molecule has 7 heavy (non-hydrogen) atoms. The third kappa shape index (κ3) is 0.949. The first-order chi connectivity index (χ1) is 3.27. The van der Waals surface area contributed by atoms with Gasteiger partial charge in [0.2, 0.25) is 0 Å².